The van der Waals surface area contributed by atoms with Crippen molar-refractivity contribution < 1.29 is 62.2 Å². The highest BCUT2D eigenvalue weighted by Crippen LogP contribution is 2.49. The second-order valence-corrected chi connectivity index (χ2v) is 10.8. The summed E-state index contributed by atoms with van der Waals surface area (Å²) in [7, 11) is 0. The van der Waals surface area contributed by atoms with Crippen LogP contribution >= 0.6 is 0 Å². The number of aryl methyl sites for hydroxylation is 2. The molecule has 1 unspecified atom stereocenters. The van der Waals surface area contributed by atoms with Crippen LogP contribution in [-0.2, 0) is 9.47 Å². The third-order valence-electron chi connectivity index (χ3n) is 6.57. The Morgan fingerprint density at radius 3 is 1.50 bits per heavy atom. The highest BCUT2D eigenvalue weighted by Gasteiger charge is 2.71. The minimum absolute atomic E-state index is 0.0212. The highest BCUT2D eigenvalue weighted by atomic mass is 19.4. The molecule has 15 heteroatoms. The van der Waals surface area contributed by atoms with E-state index in [2.05, 4.69) is 9.73 Å². The number of para-hydroxylation sites is 1. The maximum Gasteiger partial charge on any atom is 0.437 e. The molecule has 0 saturated heterocycles. The Labute approximate surface area is 236 Å². The normalized spacial score (nSPS) is 16.1. The van der Waals surface area contributed by atoms with Crippen LogP contribution in [0.4, 0.5) is 58.4 Å². The van der Waals surface area contributed by atoms with Gasteiger partial charge in [0.25, 0.3) is 11.2 Å². The van der Waals surface area contributed by atoms with Crippen molar-refractivity contribution in [2.24, 2.45) is 16.8 Å². The standard InChI is InChI=1S/C27H33F12NO2/c1-14(2)12-17(5)21(42-23(8,26(34,35)36)27(37,38)39)20(40-19-15(3)10-9-11-16(19)4)18(6)13-41-22(7,24(28,29)30)25(31,32)33/h9-11,14,18H,12-13H2,1-8H3/b21-17-,40-20?. The quantitative estimate of drug-likeness (QED) is 0.146. The summed E-state index contributed by atoms with van der Waals surface area (Å²) in [5.41, 5.74) is -9.72. The summed E-state index contributed by atoms with van der Waals surface area (Å²) >= 11 is 0. The molecule has 3 nitrogen and oxygen atoms in total. The maximum absolute atomic E-state index is 13.9. The molecule has 0 heterocycles. The van der Waals surface area contributed by atoms with Gasteiger partial charge >= 0.3 is 24.7 Å². The zero-order valence-corrected chi connectivity index (χ0v) is 24.1. The Morgan fingerprint density at radius 1 is 0.738 bits per heavy atom. The molecule has 242 valence electrons. The van der Waals surface area contributed by atoms with Crippen molar-refractivity contribution >= 4 is 11.4 Å². The van der Waals surface area contributed by atoms with Gasteiger partial charge in [0.05, 0.1) is 18.0 Å². The van der Waals surface area contributed by atoms with E-state index in [9.17, 15) is 52.7 Å². The van der Waals surface area contributed by atoms with E-state index in [1.807, 2.05) is 0 Å². The first-order valence-electron chi connectivity index (χ1n) is 12.6. The average molecular weight is 632 g/mol. The van der Waals surface area contributed by atoms with Gasteiger partial charge in [0.1, 0.15) is 5.76 Å². The van der Waals surface area contributed by atoms with Crippen molar-refractivity contribution in [3.05, 3.63) is 40.7 Å². The van der Waals surface area contributed by atoms with Gasteiger partial charge in [0.2, 0.25) is 0 Å². The summed E-state index contributed by atoms with van der Waals surface area (Å²) in [6.07, 6.45) is -24.2. The van der Waals surface area contributed by atoms with Gasteiger partial charge in [0, 0.05) is 5.92 Å². The summed E-state index contributed by atoms with van der Waals surface area (Å²) in [5.74, 6) is -3.16. The molecular weight excluding hydrogens is 598 g/mol. The topological polar surface area (TPSA) is 30.8 Å². The van der Waals surface area contributed by atoms with Crippen LogP contribution in [0.2, 0.25) is 0 Å². The second kappa shape index (κ2) is 12.7. The molecule has 1 atom stereocenters. The lowest BCUT2D eigenvalue weighted by atomic mass is 9.95. The van der Waals surface area contributed by atoms with Gasteiger partial charge in [-0.2, -0.15) is 52.7 Å². The number of benzene rings is 1. The smallest absolute Gasteiger partial charge is 0.437 e. The average Bonchev–Trinajstić information content (AvgIpc) is 2.77. The van der Waals surface area contributed by atoms with Gasteiger partial charge in [-0.1, -0.05) is 39.0 Å². The summed E-state index contributed by atoms with van der Waals surface area (Å²) in [5, 5.41) is 0. The predicted octanol–water partition coefficient (Wildman–Crippen LogP) is 10.1. The molecule has 0 fully saturated rings. The van der Waals surface area contributed by atoms with Crippen LogP contribution < -0.4 is 0 Å². The van der Waals surface area contributed by atoms with E-state index < -0.39 is 59.9 Å². The third kappa shape index (κ3) is 8.13. The molecule has 0 aliphatic carbocycles. The number of halogens is 12. The van der Waals surface area contributed by atoms with E-state index in [4.69, 9.17) is 4.74 Å². The van der Waals surface area contributed by atoms with Crippen molar-refractivity contribution in [3.8, 4) is 0 Å². The Morgan fingerprint density at radius 2 is 1.14 bits per heavy atom. The zero-order chi connectivity index (χ0) is 33.3. The molecule has 0 amide bonds. The Hall–Kier alpha value is -2.45. The van der Waals surface area contributed by atoms with Crippen molar-refractivity contribution in [1.82, 2.24) is 0 Å². The molecule has 0 bridgehead atoms. The Kier molecular flexibility index (Phi) is 11.3. The van der Waals surface area contributed by atoms with E-state index in [1.54, 1.807) is 19.9 Å². The van der Waals surface area contributed by atoms with Crippen LogP contribution in [0, 0.1) is 25.7 Å². The van der Waals surface area contributed by atoms with Crippen LogP contribution in [0.15, 0.2) is 34.5 Å². The van der Waals surface area contributed by atoms with Crippen molar-refractivity contribution in [2.45, 2.75) is 97.7 Å². The van der Waals surface area contributed by atoms with E-state index in [1.165, 1.54) is 26.0 Å². The number of alkyl halides is 12. The van der Waals surface area contributed by atoms with Crippen LogP contribution in [-0.4, -0.2) is 48.2 Å². The van der Waals surface area contributed by atoms with E-state index in [0.717, 1.165) is 13.8 Å². The SMILES string of the molecule is C/C(CC(C)C)=C(/OC(C)(C(F)(F)F)C(F)(F)F)C(=Nc1c(C)cccc1C)C(C)COC(C)(C(F)(F)F)C(F)(F)F. The van der Waals surface area contributed by atoms with Gasteiger partial charge < -0.3 is 9.47 Å². The van der Waals surface area contributed by atoms with Crippen molar-refractivity contribution in [2.75, 3.05) is 6.61 Å². The maximum atomic E-state index is 13.9. The number of ether oxygens (including phenoxy) is 2. The van der Waals surface area contributed by atoms with Crippen molar-refractivity contribution in [3.63, 3.8) is 0 Å². The lowest BCUT2D eigenvalue weighted by Crippen LogP contribution is -2.57. The fourth-order valence-corrected chi connectivity index (χ4v) is 3.73. The Bertz CT molecular complexity index is 1090. The number of nitrogens with zero attached hydrogens (tertiary/aromatic N) is 1. The van der Waals surface area contributed by atoms with Gasteiger partial charge in [-0.3, -0.25) is 0 Å². The monoisotopic (exact) mass is 631 g/mol. The summed E-state index contributed by atoms with van der Waals surface area (Å²) in [6, 6.07) is 4.56. The zero-order valence-electron chi connectivity index (χ0n) is 24.1. The molecule has 0 aliphatic heterocycles. The molecular formula is C27H33F12NO2. The number of hydrogen-bond acceptors (Lipinski definition) is 3. The summed E-state index contributed by atoms with van der Waals surface area (Å²) < 4.78 is 173. The van der Waals surface area contributed by atoms with Gasteiger partial charge in [-0.25, -0.2) is 4.99 Å². The van der Waals surface area contributed by atoms with E-state index in [-0.39, 0.29) is 37.4 Å². The molecule has 1 rings (SSSR count). The number of hydrogen-bond donors (Lipinski definition) is 0. The molecule has 0 radical (unpaired) electrons. The minimum atomic E-state index is -6.04. The van der Waals surface area contributed by atoms with Gasteiger partial charge in [-0.05, 0) is 63.7 Å². The molecule has 42 heavy (non-hydrogen) atoms. The molecule has 0 N–H and O–H groups in total. The number of rotatable bonds is 10. The first kappa shape index (κ1) is 37.6. The fraction of sp³-hybridized carbons (Fsp3) is 0.667. The lowest BCUT2D eigenvalue weighted by molar-refractivity contribution is -0.375. The van der Waals surface area contributed by atoms with Gasteiger partial charge in [-0.15, -0.1) is 0 Å². The summed E-state index contributed by atoms with van der Waals surface area (Å²) in [6.45, 7) is 6.28. The van der Waals surface area contributed by atoms with Crippen LogP contribution in [0.1, 0.15) is 59.1 Å². The molecule has 1 aromatic carbocycles. The first-order chi connectivity index (χ1) is 18.6. The molecule has 0 aromatic heterocycles. The molecule has 0 saturated carbocycles. The number of aliphatic imine (C=N–C) groups is 1. The fourth-order valence-electron chi connectivity index (χ4n) is 3.73. The third-order valence-corrected chi connectivity index (χ3v) is 6.57. The molecule has 0 aliphatic rings. The van der Waals surface area contributed by atoms with Gasteiger partial charge in [0.15, 0.2) is 0 Å². The number of allylic oxidation sites excluding steroid dienone is 2. The highest BCUT2D eigenvalue weighted by molar-refractivity contribution is 6.02. The van der Waals surface area contributed by atoms with E-state index in [0.29, 0.717) is 11.1 Å². The molecule has 1 aromatic rings. The second-order valence-electron chi connectivity index (χ2n) is 10.8. The van der Waals surface area contributed by atoms with Crippen molar-refractivity contribution in [1.29, 1.82) is 0 Å². The van der Waals surface area contributed by atoms with Crippen LogP contribution in [0.25, 0.3) is 0 Å². The van der Waals surface area contributed by atoms with Crippen LogP contribution in [0.3, 0.4) is 0 Å². The largest absolute Gasteiger partial charge is 0.467 e. The van der Waals surface area contributed by atoms with E-state index >= 15 is 0 Å². The Balaban J connectivity index is 4.05. The molecule has 0 spiro atoms. The first-order valence-corrected chi connectivity index (χ1v) is 12.6. The predicted molar refractivity (Wildman–Crippen MR) is 132 cm³/mol. The summed E-state index contributed by atoms with van der Waals surface area (Å²) in [4.78, 5) is 4.22. The lowest BCUT2D eigenvalue weighted by Gasteiger charge is -2.37. The minimum Gasteiger partial charge on any atom is -0.467 e. The van der Waals surface area contributed by atoms with Crippen LogP contribution in [0.5, 0.6) is 0 Å².